The highest BCUT2D eigenvalue weighted by atomic mass is 19.4. The van der Waals surface area contributed by atoms with Crippen molar-refractivity contribution in [3.05, 3.63) is 35.0 Å². The van der Waals surface area contributed by atoms with E-state index in [0.29, 0.717) is 17.3 Å². The molecule has 2 N–H and O–H groups in total. The molecule has 6 nitrogen and oxygen atoms in total. The van der Waals surface area contributed by atoms with E-state index in [0.717, 1.165) is 30.5 Å². The minimum atomic E-state index is -4.79. The standard InChI is InChI=1S/C18H18F3N3O3/c1-26-13-7-10(27-18(19,20)21)5-6-11(13)12-8-14(25)22-17-15(12)16(23-24-17)9-3-2-4-9/h5-7,9,12H,2-4,8H2,1H3,(H2,22,23,24,25). The first-order chi connectivity index (χ1) is 12.9. The first-order valence-electron chi connectivity index (χ1n) is 8.67. The molecule has 1 unspecified atom stereocenters. The Kier molecular flexibility index (Phi) is 4.24. The van der Waals surface area contributed by atoms with E-state index < -0.39 is 6.36 Å². The molecule has 0 saturated heterocycles. The van der Waals surface area contributed by atoms with Gasteiger partial charge in [0.25, 0.3) is 0 Å². The van der Waals surface area contributed by atoms with Crippen LogP contribution in [0.1, 0.15) is 54.3 Å². The lowest BCUT2D eigenvalue weighted by Gasteiger charge is -2.30. The van der Waals surface area contributed by atoms with E-state index in [-0.39, 0.29) is 29.7 Å². The summed E-state index contributed by atoms with van der Waals surface area (Å²) in [5.41, 5.74) is 2.51. The Balaban J connectivity index is 1.75. The highest BCUT2D eigenvalue weighted by Crippen LogP contribution is 2.47. The topological polar surface area (TPSA) is 76.2 Å². The molecular formula is C18H18F3N3O3. The lowest BCUT2D eigenvalue weighted by molar-refractivity contribution is -0.274. The molecule has 1 saturated carbocycles. The summed E-state index contributed by atoms with van der Waals surface area (Å²) in [5, 5.41) is 10.0. The van der Waals surface area contributed by atoms with Gasteiger partial charge in [-0.3, -0.25) is 9.89 Å². The molecule has 0 bridgehead atoms. The molecule has 144 valence electrons. The number of ether oxygens (including phenoxy) is 2. The van der Waals surface area contributed by atoms with Gasteiger partial charge in [-0.1, -0.05) is 12.5 Å². The first-order valence-corrected chi connectivity index (χ1v) is 8.67. The fourth-order valence-electron chi connectivity index (χ4n) is 3.73. The van der Waals surface area contributed by atoms with E-state index in [2.05, 4.69) is 20.3 Å². The van der Waals surface area contributed by atoms with Crippen LogP contribution in [0.4, 0.5) is 19.0 Å². The second-order valence-electron chi connectivity index (χ2n) is 6.78. The minimum absolute atomic E-state index is 0.169. The molecule has 2 aromatic rings. The second-order valence-corrected chi connectivity index (χ2v) is 6.78. The molecule has 1 atom stereocenters. The summed E-state index contributed by atoms with van der Waals surface area (Å²) in [5.74, 6) is 0.168. The van der Waals surface area contributed by atoms with Gasteiger partial charge in [0, 0.05) is 41.1 Å². The Labute approximate surface area is 153 Å². The average Bonchev–Trinajstić information content (AvgIpc) is 2.94. The predicted octanol–water partition coefficient (Wildman–Crippen LogP) is 4.06. The van der Waals surface area contributed by atoms with Gasteiger partial charge in [0.1, 0.15) is 11.5 Å². The van der Waals surface area contributed by atoms with Crippen molar-refractivity contribution in [2.45, 2.75) is 43.9 Å². The van der Waals surface area contributed by atoms with E-state index in [1.807, 2.05) is 0 Å². The number of methoxy groups -OCH3 is 1. The highest BCUT2D eigenvalue weighted by molar-refractivity contribution is 5.94. The van der Waals surface area contributed by atoms with Gasteiger partial charge >= 0.3 is 6.36 Å². The lowest BCUT2D eigenvalue weighted by atomic mass is 9.76. The Morgan fingerprint density at radius 1 is 1.26 bits per heavy atom. The number of nitrogens with one attached hydrogen (secondary N) is 2. The summed E-state index contributed by atoms with van der Waals surface area (Å²) >= 11 is 0. The van der Waals surface area contributed by atoms with Crippen LogP contribution >= 0.6 is 0 Å². The van der Waals surface area contributed by atoms with Crippen molar-refractivity contribution in [2.75, 3.05) is 12.4 Å². The summed E-state index contributed by atoms with van der Waals surface area (Å²) in [6.07, 6.45) is -1.38. The number of H-pyrrole nitrogens is 1. The second kappa shape index (κ2) is 6.47. The summed E-state index contributed by atoms with van der Waals surface area (Å²) < 4.78 is 46.8. The Bertz CT molecular complexity index is 874. The van der Waals surface area contributed by atoms with Crippen LogP contribution in [0.25, 0.3) is 0 Å². The number of fused-ring (bicyclic) bond motifs is 1. The maximum Gasteiger partial charge on any atom is 0.573 e. The minimum Gasteiger partial charge on any atom is -0.496 e. The van der Waals surface area contributed by atoms with Gasteiger partial charge in [-0.15, -0.1) is 13.2 Å². The number of halogens is 3. The van der Waals surface area contributed by atoms with Crippen molar-refractivity contribution < 1.29 is 27.4 Å². The van der Waals surface area contributed by atoms with Crippen molar-refractivity contribution in [2.24, 2.45) is 0 Å². The molecule has 1 aliphatic carbocycles. The lowest BCUT2D eigenvalue weighted by Crippen LogP contribution is -2.25. The maximum atomic E-state index is 12.5. The van der Waals surface area contributed by atoms with Crippen LogP contribution in [-0.4, -0.2) is 29.6 Å². The predicted molar refractivity (Wildman–Crippen MR) is 89.9 cm³/mol. The number of alkyl halides is 3. The Morgan fingerprint density at radius 2 is 2.04 bits per heavy atom. The fraction of sp³-hybridized carbons (Fsp3) is 0.444. The molecule has 0 radical (unpaired) electrons. The number of benzene rings is 1. The third kappa shape index (κ3) is 3.33. The molecule has 9 heteroatoms. The third-order valence-electron chi connectivity index (χ3n) is 5.16. The van der Waals surface area contributed by atoms with Crippen LogP contribution in [0.2, 0.25) is 0 Å². The molecule has 4 rings (SSSR count). The van der Waals surface area contributed by atoms with Crippen molar-refractivity contribution in [3.63, 3.8) is 0 Å². The van der Waals surface area contributed by atoms with E-state index in [1.54, 1.807) is 0 Å². The number of hydrogen-bond acceptors (Lipinski definition) is 4. The van der Waals surface area contributed by atoms with Gasteiger partial charge in [0.15, 0.2) is 5.82 Å². The Morgan fingerprint density at radius 3 is 2.67 bits per heavy atom. The zero-order valence-corrected chi connectivity index (χ0v) is 14.5. The molecule has 2 aliphatic rings. The maximum absolute atomic E-state index is 12.5. The van der Waals surface area contributed by atoms with E-state index in [4.69, 9.17) is 4.74 Å². The number of carbonyl (C=O) groups excluding carboxylic acids is 1. The molecule has 0 spiro atoms. The van der Waals surface area contributed by atoms with Crippen LogP contribution < -0.4 is 14.8 Å². The van der Waals surface area contributed by atoms with Crippen molar-refractivity contribution >= 4 is 11.7 Å². The van der Waals surface area contributed by atoms with Gasteiger partial charge < -0.3 is 14.8 Å². The molecule has 2 heterocycles. The van der Waals surface area contributed by atoms with Crippen LogP contribution in [0.3, 0.4) is 0 Å². The zero-order valence-electron chi connectivity index (χ0n) is 14.5. The van der Waals surface area contributed by atoms with Crippen LogP contribution in [0.5, 0.6) is 11.5 Å². The number of nitrogens with zero attached hydrogens (tertiary/aromatic N) is 1. The largest absolute Gasteiger partial charge is 0.573 e. The molecule has 1 amide bonds. The first kappa shape index (κ1) is 17.7. The fourth-order valence-corrected chi connectivity index (χ4v) is 3.73. The third-order valence-corrected chi connectivity index (χ3v) is 5.16. The molecule has 1 aliphatic heterocycles. The summed E-state index contributed by atoms with van der Waals surface area (Å²) in [6, 6.07) is 3.95. The van der Waals surface area contributed by atoms with Crippen LogP contribution in [0, 0.1) is 0 Å². The average molecular weight is 381 g/mol. The molecule has 1 aromatic heterocycles. The monoisotopic (exact) mass is 381 g/mol. The van der Waals surface area contributed by atoms with Crippen molar-refractivity contribution in [3.8, 4) is 11.5 Å². The van der Waals surface area contributed by atoms with Crippen LogP contribution in [-0.2, 0) is 4.79 Å². The number of amides is 1. The van der Waals surface area contributed by atoms with Gasteiger partial charge in [0.2, 0.25) is 5.91 Å². The molecule has 27 heavy (non-hydrogen) atoms. The van der Waals surface area contributed by atoms with E-state index >= 15 is 0 Å². The summed E-state index contributed by atoms with van der Waals surface area (Å²) in [4.78, 5) is 12.1. The SMILES string of the molecule is COc1cc(OC(F)(F)F)ccc1C1CC(=O)Nc2n[nH]c(C3CCC3)c21. The number of anilines is 1. The number of aromatic nitrogens is 2. The van der Waals surface area contributed by atoms with Gasteiger partial charge in [0.05, 0.1) is 7.11 Å². The van der Waals surface area contributed by atoms with Crippen molar-refractivity contribution in [1.82, 2.24) is 10.2 Å². The zero-order chi connectivity index (χ0) is 19.2. The van der Waals surface area contributed by atoms with Crippen LogP contribution in [0.15, 0.2) is 18.2 Å². The van der Waals surface area contributed by atoms with E-state index in [1.165, 1.54) is 25.3 Å². The highest BCUT2D eigenvalue weighted by Gasteiger charge is 2.37. The van der Waals surface area contributed by atoms with Gasteiger partial charge in [-0.05, 0) is 18.9 Å². The Hall–Kier alpha value is -2.71. The quantitative estimate of drug-likeness (QED) is 0.838. The molecule has 1 fully saturated rings. The number of carbonyl (C=O) groups is 1. The number of hydrogen-bond donors (Lipinski definition) is 2. The number of rotatable bonds is 4. The summed E-state index contributed by atoms with van der Waals surface area (Å²) in [7, 11) is 1.38. The molecular weight excluding hydrogens is 363 g/mol. The normalized spacial score (nSPS) is 19.9. The summed E-state index contributed by atoms with van der Waals surface area (Å²) in [6.45, 7) is 0. The van der Waals surface area contributed by atoms with E-state index in [9.17, 15) is 18.0 Å². The smallest absolute Gasteiger partial charge is 0.496 e. The molecule has 1 aromatic carbocycles. The van der Waals surface area contributed by atoms with Crippen molar-refractivity contribution in [1.29, 1.82) is 0 Å². The van der Waals surface area contributed by atoms with Gasteiger partial charge in [-0.25, -0.2) is 0 Å². The number of aromatic amines is 1. The van der Waals surface area contributed by atoms with Gasteiger partial charge in [-0.2, -0.15) is 5.10 Å².